The zero-order valence-electron chi connectivity index (χ0n) is 9.22. The van der Waals surface area contributed by atoms with E-state index >= 15 is 0 Å². The fourth-order valence-corrected chi connectivity index (χ4v) is 1.74. The van der Waals surface area contributed by atoms with Crippen LogP contribution in [-0.4, -0.2) is 24.2 Å². The Balaban J connectivity index is 2.24. The van der Waals surface area contributed by atoms with Crippen LogP contribution >= 0.6 is 0 Å². The van der Waals surface area contributed by atoms with Crippen molar-refractivity contribution in [3.8, 4) is 0 Å². The van der Waals surface area contributed by atoms with E-state index in [2.05, 4.69) is 42.2 Å². The van der Waals surface area contributed by atoms with Crippen LogP contribution in [0.5, 0.6) is 0 Å². The molecule has 1 heterocycles. The summed E-state index contributed by atoms with van der Waals surface area (Å²) in [6.07, 6.45) is 5.24. The van der Waals surface area contributed by atoms with E-state index in [1.54, 1.807) is 0 Å². The van der Waals surface area contributed by atoms with Gasteiger partial charge in [0.2, 0.25) is 0 Å². The van der Waals surface area contributed by atoms with Crippen LogP contribution in [0.15, 0.2) is 41.5 Å². The van der Waals surface area contributed by atoms with Crippen LogP contribution in [-0.2, 0) is 0 Å². The highest BCUT2D eigenvalue weighted by atomic mass is 15.1. The molecule has 0 radical (unpaired) electrons. The zero-order chi connectivity index (χ0) is 10.7. The molecule has 1 aromatic rings. The molecule has 15 heavy (non-hydrogen) atoms. The molecule has 0 fully saturated rings. The number of benzene rings is 1. The van der Waals surface area contributed by atoms with Gasteiger partial charge in [-0.3, -0.25) is 4.99 Å². The number of aliphatic imine (C=N–C) groups is 1. The molecule has 1 aliphatic rings. The van der Waals surface area contributed by atoms with E-state index in [1.807, 2.05) is 24.4 Å². The number of nitrogens with zero attached hydrogens (tertiary/aromatic N) is 2. The molecular formula is C13H16N2. The first-order chi connectivity index (χ1) is 7.31. The van der Waals surface area contributed by atoms with Crippen molar-refractivity contribution in [2.24, 2.45) is 4.99 Å². The van der Waals surface area contributed by atoms with Crippen LogP contribution < -0.4 is 0 Å². The average molecular weight is 200 g/mol. The Morgan fingerprint density at radius 3 is 2.60 bits per heavy atom. The van der Waals surface area contributed by atoms with Gasteiger partial charge >= 0.3 is 0 Å². The summed E-state index contributed by atoms with van der Waals surface area (Å²) in [6.45, 7) is 2.18. The monoisotopic (exact) mass is 200 g/mol. The highest BCUT2D eigenvalue weighted by molar-refractivity contribution is 5.79. The molecule has 2 rings (SSSR count). The minimum atomic E-state index is 0.442. The first-order valence-corrected chi connectivity index (χ1v) is 5.34. The molecule has 0 bridgehead atoms. The molecule has 0 aromatic heterocycles. The fourth-order valence-electron chi connectivity index (χ4n) is 1.74. The molecule has 2 heteroatoms. The third kappa shape index (κ3) is 2.09. The van der Waals surface area contributed by atoms with Crippen molar-refractivity contribution < 1.29 is 0 Å². The van der Waals surface area contributed by atoms with Crippen molar-refractivity contribution in [2.75, 3.05) is 7.05 Å². The van der Waals surface area contributed by atoms with Gasteiger partial charge in [0.05, 0.1) is 11.7 Å². The van der Waals surface area contributed by atoms with E-state index < -0.39 is 0 Å². The fraction of sp³-hybridized carbons (Fsp3) is 0.308. The van der Waals surface area contributed by atoms with Crippen molar-refractivity contribution in [3.05, 3.63) is 42.1 Å². The molecule has 78 valence electrons. The summed E-state index contributed by atoms with van der Waals surface area (Å²) >= 11 is 0. The molecule has 1 aromatic carbocycles. The molecule has 0 aliphatic carbocycles. The molecule has 1 unspecified atom stereocenters. The summed E-state index contributed by atoms with van der Waals surface area (Å²) in [6, 6.07) is 10.7. The highest BCUT2D eigenvalue weighted by Crippen LogP contribution is 2.20. The van der Waals surface area contributed by atoms with Crippen molar-refractivity contribution in [2.45, 2.75) is 19.4 Å². The van der Waals surface area contributed by atoms with Gasteiger partial charge in [0.15, 0.2) is 0 Å². The first kappa shape index (κ1) is 9.97. The third-order valence-corrected chi connectivity index (χ3v) is 2.72. The Bertz CT molecular complexity index is 379. The maximum atomic E-state index is 4.50. The van der Waals surface area contributed by atoms with Gasteiger partial charge in [-0.25, -0.2) is 0 Å². The standard InChI is InChI=1S/C13H16N2/c1-3-12-9-14-13(10-15(12)2)11-7-5-4-6-8-11/h4-10,12H,3H2,1-2H3. The van der Waals surface area contributed by atoms with Gasteiger partial charge in [-0.2, -0.15) is 0 Å². The van der Waals surface area contributed by atoms with E-state index in [1.165, 1.54) is 5.56 Å². The molecule has 0 spiro atoms. The van der Waals surface area contributed by atoms with Crippen molar-refractivity contribution in [1.82, 2.24) is 4.90 Å². The summed E-state index contributed by atoms with van der Waals surface area (Å²) in [4.78, 5) is 6.71. The van der Waals surface area contributed by atoms with Gasteiger partial charge in [-0.05, 0) is 6.42 Å². The minimum Gasteiger partial charge on any atom is -0.371 e. The summed E-state index contributed by atoms with van der Waals surface area (Å²) in [5, 5.41) is 0. The van der Waals surface area contributed by atoms with Crippen LogP contribution in [0.4, 0.5) is 0 Å². The van der Waals surface area contributed by atoms with Gasteiger partial charge in [0.1, 0.15) is 0 Å². The van der Waals surface area contributed by atoms with E-state index in [4.69, 9.17) is 0 Å². The summed E-state index contributed by atoms with van der Waals surface area (Å²) in [7, 11) is 2.10. The molecule has 0 amide bonds. The van der Waals surface area contributed by atoms with Crippen LogP contribution in [0.2, 0.25) is 0 Å². The Hall–Kier alpha value is -1.57. The lowest BCUT2D eigenvalue weighted by Crippen LogP contribution is -2.30. The quantitative estimate of drug-likeness (QED) is 0.716. The van der Waals surface area contributed by atoms with Gasteiger partial charge in [0.25, 0.3) is 0 Å². The van der Waals surface area contributed by atoms with Crippen LogP contribution in [0, 0.1) is 0 Å². The zero-order valence-corrected chi connectivity index (χ0v) is 9.22. The molecule has 2 nitrogen and oxygen atoms in total. The molecule has 0 saturated heterocycles. The minimum absolute atomic E-state index is 0.442. The third-order valence-electron chi connectivity index (χ3n) is 2.72. The van der Waals surface area contributed by atoms with Crippen LogP contribution in [0.3, 0.4) is 0 Å². The Morgan fingerprint density at radius 2 is 2.00 bits per heavy atom. The SMILES string of the molecule is CCC1C=NC(c2ccccc2)=CN1C. The molecule has 1 aliphatic heterocycles. The van der Waals surface area contributed by atoms with Crippen molar-refractivity contribution in [3.63, 3.8) is 0 Å². The second-order valence-corrected chi connectivity index (χ2v) is 3.80. The maximum absolute atomic E-state index is 4.50. The van der Waals surface area contributed by atoms with Crippen LogP contribution in [0.1, 0.15) is 18.9 Å². The Labute approximate surface area is 90.9 Å². The number of hydrogen-bond acceptors (Lipinski definition) is 2. The Kier molecular flexibility index (Phi) is 2.86. The summed E-state index contributed by atoms with van der Waals surface area (Å²) in [5.74, 6) is 0. The van der Waals surface area contributed by atoms with E-state index in [9.17, 15) is 0 Å². The first-order valence-electron chi connectivity index (χ1n) is 5.34. The largest absolute Gasteiger partial charge is 0.371 e. The van der Waals surface area contributed by atoms with Gasteiger partial charge in [0, 0.05) is 25.0 Å². The number of rotatable bonds is 2. The van der Waals surface area contributed by atoms with E-state index in [0.717, 1.165) is 12.1 Å². The van der Waals surface area contributed by atoms with Crippen molar-refractivity contribution in [1.29, 1.82) is 0 Å². The lowest BCUT2D eigenvalue weighted by Gasteiger charge is -2.26. The number of hydrogen-bond donors (Lipinski definition) is 0. The lowest BCUT2D eigenvalue weighted by atomic mass is 10.1. The topological polar surface area (TPSA) is 15.6 Å². The predicted molar refractivity (Wildman–Crippen MR) is 64.8 cm³/mol. The van der Waals surface area contributed by atoms with Gasteiger partial charge in [-0.15, -0.1) is 0 Å². The Morgan fingerprint density at radius 1 is 1.27 bits per heavy atom. The molecule has 0 saturated carbocycles. The van der Waals surface area contributed by atoms with Gasteiger partial charge in [-0.1, -0.05) is 37.3 Å². The second kappa shape index (κ2) is 4.30. The molecule has 0 N–H and O–H groups in total. The second-order valence-electron chi connectivity index (χ2n) is 3.80. The van der Waals surface area contributed by atoms with Gasteiger partial charge < -0.3 is 4.90 Å². The van der Waals surface area contributed by atoms with E-state index in [0.29, 0.717) is 6.04 Å². The van der Waals surface area contributed by atoms with Crippen molar-refractivity contribution >= 4 is 11.9 Å². The molecule has 1 atom stereocenters. The average Bonchev–Trinajstić information content (AvgIpc) is 2.30. The predicted octanol–water partition coefficient (Wildman–Crippen LogP) is 2.78. The lowest BCUT2D eigenvalue weighted by molar-refractivity contribution is 0.397. The summed E-state index contributed by atoms with van der Waals surface area (Å²) < 4.78 is 0. The summed E-state index contributed by atoms with van der Waals surface area (Å²) in [5.41, 5.74) is 2.22. The highest BCUT2D eigenvalue weighted by Gasteiger charge is 2.13. The molecular weight excluding hydrogens is 184 g/mol. The van der Waals surface area contributed by atoms with E-state index in [-0.39, 0.29) is 0 Å². The smallest absolute Gasteiger partial charge is 0.0857 e. The maximum Gasteiger partial charge on any atom is 0.0857 e. The van der Waals surface area contributed by atoms with Crippen LogP contribution in [0.25, 0.3) is 5.70 Å². The normalized spacial score (nSPS) is 20.3.